The highest BCUT2D eigenvalue weighted by Crippen LogP contribution is 2.40. The van der Waals surface area contributed by atoms with Crippen molar-refractivity contribution in [3.8, 4) is 0 Å². The van der Waals surface area contributed by atoms with Crippen LogP contribution >= 0.6 is 0 Å². The van der Waals surface area contributed by atoms with Crippen LogP contribution in [0.3, 0.4) is 0 Å². The van der Waals surface area contributed by atoms with Crippen LogP contribution < -0.4 is 5.56 Å². The Labute approximate surface area is 181 Å². The van der Waals surface area contributed by atoms with E-state index in [1.54, 1.807) is 0 Å². The van der Waals surface area contributed by atoms with Crippen molar-refractivity contribution >= 4 is 5.91 Å². The zero-order valence-electron chi connectivity index (χ0n) is 18.2. The summed E-state index contributed by atoms with van der Waals surface area (Å²) >= 11 is 0. The van der Waals surface area contributed by atoms with Gasteiger partial charge in [-0.3, -0.25) is 14.3 Å². The molecule has 1 saturated heterocycles. The van der Waals surface area contributed by atoms with Gasteiger partial charge in [-0.1, -0.05) is 30.3 Å². The summed E-state index contributed by atoms with van der Waals surface area (Å²) in [5.41, 5.74) is 5.17. The van der Waals surface area contributed by atoms with Crippen molar-refractivity contribution in [1.82, 2.24) is 24.6 Å². The number of hydrogen-bond acceptors (Lipinski definition) is 4. The average Bonchev–Trinajstić information content (AvgIpc) is 3.29. The highest BCUT2D eigenvalue weighted by molar-refractivity contribution is 5.96. The number of carbonyl (C=O) groups excluding carboxylic acids is 1. The van der Waals surface area contributed by atoms with Gasteiger partial charge in [-0.2, -0.15) is 5.10 Å². The van der Waals surface area contributed by atoms with E-state index >= 15 is 0 Å². The van der Waals surface area contributed by atoms with Crippen LogP contribution in [0.4, 0.5) is 0 Å². The molecule has 2 aromatic heterocycles. The second-order valence-electron chi connectivity index (χ2n) is 8.82. The van der Waals surface area contributed by atoms with Gasteiger partial charge in [0.15, 0.2) is 0 Å². The molecule has 1 aliphatic carbocycles. The largest absolute Gasteiger partial charge is 0.338 e. The number of amides is 1. The monoisotopic (exact) mass is 417 g/mol. The van der Waals surface area contributed by atoms with E-state index in [0.29, 0.717) is 36.9 Å². The van der Waals surface area contributed by atoms with Gasteiger partial charge in [-0.15, -0.1) is 0 Å². The number of benzene rings is 1. The van der Waals surface area contributed by atoms with Crippen LogP contribution in [-0.4, -0.2) is 43.6 Å². The molecule has 1 N–H and O–H groups in total. The maximum absolute atomic E-state index is 13.5. The zero-order valence-corrected chi connectivity index (χ0v) is 18.2. The molecule has 1 fully saturated rings. The highest BCUT2D eigenvalue weighted by atomic mass is 16.2. The van der Waals surface area contributed by atoms with Gasteiger partial charge >= 0.3 is 0 Å². The van der Waals surface area contributed by atoms with E-state index in [1.165, 1.54) is 0 Å². The maximum atomic E-state index is 13.5. The fourth-order valence-electron chi connectivity index (χ4n) is 5.22. The van der Waals surface area contributed by atoms with Gasteiger partial charge in [0.1, 0.15) is 5.82 Å². The number of aryl methyl sites for hydroxylation is 2. The first-order valence-electron chi connectivity index (χ1n) is 10.9. The lowest BCUT2D eigenvalue weighted by molar-refractivity contribution is 0.0784. The van der Waals surface area contributed by atoms with E-state index in [9.17, 15) is 9.59 Å². The smallest absolute Gasteiger partial charge is 0.257 e. The second-order valence-corrected chi connectivity index (χ2v) is 8.82. The average molecular weight is 418 g/mol. The molecule has 1 aromatic carbocycles. The Kier molecular flexibility index (Phi) is 4.76. The van der Waals surface area contributed by atoms with Gasteiger partial charge < -0.3 is 9.88 Å². The third kappa shape index (κ3) is 3.38. The lowest BCUT2D eigenvalue weighted by atomic mass is 9.80. The summed E-state index contributed by atoms with van der Waals surface area (Å²) < 4.78 is 1.92. The molecule has 3 heterocycles. The molecule has 1 aliphatic heterocycles. The molecule has 0 bridgehead atoms. The molecule has 5 rings (SSSR count). The Hall–Kier alpha value is -3.22. The number of carbonyl (C=O) groups is 1. The predicted octanol–water partition coefficient (Wildman–Crippen LogP) is 2.74. The van der Waals surface area contributed by atoms with Gasteiger partial charge in [0.25, 0.3) is 11.5 Å². The van der Waals surface area contributed by atoms with Crippen molar-refractivity contribution in [2.45, 2.75) is 46.1 Å². The van der Waals surface area contributed by atoms with Crippen molar-refractivity contribution in [3.05, 3.63) is 80.3 Å². The Morgan fingerprint density at radius 1 is 1.16 bits per heavy atom. The van der Waals surface area contributed by atoms with Gasteiger partial charge in [0, 0.05) is 30.3 Å². The van der Waals surface area contributed by atoms with Crippen LogP contribution in [0, 0.1) is 26.7 Å². The third-order valence-electron chi connectivity index (χ3n) is 6.78. The lowest BCUT2D eigenvalue weighted by Crippen LogP contribution is -2.30. The van der Waals surface area contributed by atoms with Gasteiger partial charge in [0.2, 0.25) is 0 Å². The van der Waals surface area contributed by atoms with Crippen LogP contribution in [0.5, 0.6) is 0 Å². The Morgan fingerprint density at radius 2 is 1.94 bits per heavy atom. The Bertz CT molecular complexity index is 1210. The summed E-state index contributed by atoms with van der Waals surface area (Å²) in [5, 5.41) is 4.66. The molecule has 0 saturated carbocycles. The van der Waals surface area contributed by atoms with Gasteiger partial charge in [-0.25, -0.2) is 4.98 Å². The van der Waals surface area contributed by atoms with Crippen LogP contribution in [-0.2, 0) is 13.0 Å². The summed E-state index contributed by atoms with van der Waals surface area (Å²) in [7, 11) is 0. The summed E-state index contributed by atoms with van der Waals surface area (Å²) in [6, 6.07) is 10.2. The van der Waals surface area contributed by atoms with E-state index in [0.717, 1.165) is 41.1 Å². The highest BCUT2D eigenvalue weighted by Gasteiger charge is 2.42. The van der Waals surface area contributed by atoms with Gasteiger partial charge in [-0.05, 0) is 45.1 Å². The van der Waals surface area contributed by atoms with Crippen molar-refractivity contribution in [1.29, 1.82) is 0 Å². The number of nitrogens with one attached hydrogen (secondary N) is 1. The van der Waals surface area contributed by atoms with Crippen molar-refractivity contribution in [3.63, 3.8) is 0 Å². The molecule has 3 aromatic rings. The summed E-state index contributed by atoms with van der Waals surface area (Å²) in [6.07, 6.45) is 1.65. The minimum atomic E-state index is -0.0281. The molecule has 7 nitrogen and oxygen atoms in total. The van der Waals surface area contributed by atoms with Gasteiger partial charge in [0.05, 0.1) is 23.5 Å². The van der Waals surface area contributed by atoms with E-state index in [-0.39, 0.29) is 17.4 Å². The van der Waals surface area contributed by atoms with Crippen LogP contribution in [0.25, 0.3) is 0 Å². The number of fused-ring (bicyclic) bond motifs is 3. The zero-order chi connectivity index (χ0) is 21.7. The number of rotatable bonds is 3. The predicted molar refractivity (Wildman–Crippen MR) is 117 cm³/mol. The quantitative estimate of drug-likeness (QED) is 0.710. The molecular formula is C24H27N5O2. The third-order valence-corrected chi connectivity index (χ3v) is 6.78. The topological polar surface area (TPSA) is 83.9 Å². The van der Waals surface area contributed by atoms with E-state index in [4.69, 9.17) is 0 Å². The SMILES string of the molecule is Cc1nc2c(c(=O)[nH]1)CC[C@@H]1CN(C(=O)c3c(C)nn(Cc4ccccc4)c3C)C[C@H]21. The molecule has 0 spiro atoms. The Balaban J connectivity index is 1.41. The molecule has 0 radical (unpaired) electrons. The minimum absolute atomic E-state index is 0.0281. The number of nitrogens with zero attached hydrogens (tertiary/aromatic N) is 4. The molecule has 0 unspecified atom stereocenters. The summed E-state index contributed by atoms with van der Waals surface area (Å²) in [4.78, 5) is 35.3. The van der Waals surface area contributed by atoms with Crippen molar-refractivity contribution < 1.29 is 4.79 Å². The van der Waals surface area contributed by atoms with Crippen LogP contribution in [0.2, 0.25) is 0 Å². The molecule has 2 aliphatic rings. The Morgan fingerprint density at radius 3 is 2.71 bits per heavy atom. The molecule has 7 heteroatoms. The molecule has 1 amide bonds. The fourth-order valence-corrected chi connectivity index (χ4v) is 5.22. The number of aromatic nitrogens is 4. The van der Waals surface area contributed by atoms with E-state index < -0.39 is 0 Å². The fraction of sp³-hybridized carbons (Fsp3) is 0.417. The molecule has 31 heavy (non-hydrogen) atoms. The first kappa shape index (κ1) is 19.7. The first-order chi connectivity index (χ1) is 14.9. The standard InChI is InChI=1S/C24H27N5O2/c1-14-21(15(2)29(27-14)11-17-7-5-4-6-8-17)24(31)28-12-18-9-10-19-22(20(18)13-28)25-16(3)26-23(19)30/h4-8,18,20H,9-13H2,1-3H3,(H,25,26,30)/t18-,20+/m1/s1. The van der Waals surface area contributed by atoms with Crippen molar-refractivity contribution in [2.75, 3.05) is 13.1 Å². The number of aromatic amines is 1. The second kappa shape index (κ2) is 7.48. The normalized spacial score (nSPS) is 19.9. The first-order valence-corrected chi connectivity index (χ1v) is 10.9. The molecular weight excluding hydrogens is 390 g/mol. The van der Waals surface area contributed by atoms with E-state index in [2.05, 4.69) is 27.2 Å². The number of likely N-dealkylation sites (tertiary alicyclic amines) is 1. The van der Waals surface area contributed by atoms with Crippen LogP contribution in [0.15, 0.2) is 35.1 Å². The number of H-pyrrole nitrogens is 1. The van der Waals surface area contributed by atoms with E-state index in [1.807, 2.05) is 48.6 Å². The van der Waals surface area contributed by atoms with Crippen molar-refractivity contribution in [2.24, 2.45) is 5.92 Å². The number of hydrogen-bond donors (Lipinski definition) is 1. The molecule has 2 atom stereocenters. The summed E-state index contributed by atoms with van der Waals surface area (Å²) in [5.74, 6) is 1.16. The minimum Gasteiger partial charge on any atom is -0.338 e. The maximum Gasteiger partial charge on any atom is 0.257 e. The summed E-state index contributed by atoms with van der Waals surface area (Å²) in [6.45, 7) is 7.65. The molecule has 160 valence electrons. The van der Waals surface area contributed by atoms with Crippen LogP contribution in [0.1, 0.15) is 56.7 Å². The lowest BCUT2D eigenvalue weighted by Gasteiger charge is -2.25.